The molecule has 2 rings (SSSR count). The predicted molar refractivity (Wildman–Crippen MR) is 87.4 cm³/mol. The second-order valence-corrected chi connectivity index (χ2v) is 5.92. The average Bonchev–Trinajstić information content (AvgIpc) is 2.35. The van der Waals surface area contributed by atoms with Crippen LogP contribution in [0, 0.1) is 13.8 Å². The summed E-state index contributed by atoms with van der Waals surface area (Å²) in [4.78, 5) is 12.3. The lowest BCUT2D eigenvalue weighted by molar-refractivity contribution is 0.102. The van der Waals surface area contributed by atoms with Crippen LogP contribution >= 0.6 is 27.5 Å². The van der Waals surface area contributed by atoms with Gasteiger partial charge < -0.3 is 11.1 Å². The van der Waals surface area contributed by atoms with E-state index in [1.807, 2.05) is 26.0 Å². The van der Waals surface area contributed by atoms with Crippen LogP contribution in [0.4, 0.5) is 11.4 Å². The zero-order chi connectivity index (χ0) is 14.9. The van der Waals surface area contributed by atoms with Crippen molar-refractivity contribution >= 4 is 44.8 Å². The van der Waals surface area contributed by atoms with Crippen molar-refractivity contribution in [2.45, 2.75) is 13.8 Å². The number of rotatable bonds is 2. The van der Waals surface area contributed by atoms with E-state index in [0.29, 0.717) is 16.3 Å². The third-order valence-electron chi connectivity index (χ3n) is 3.04. The summed E-state index contributed by atoms with van der Waals surface area (Å²) < 4.78 is 0.832. The molecule has 0 aliphatic heterocycles. The maximum absolute atomic E-state index is 12.3. The van der Waals surface area contributed by atoms with E-state index in [4.69, 9.17) is 17.3 Å². The molecule has 0 heterocycles. The first-order chi connectivity index (χ1) is 9.38. The fourth-order valence-corrected chi connectivity index (χ4v) is 2.60. The standard InChI is InChI=1S/C15H14BrClN2O/c1-8-6-14(9(2)5-13(8)18)19-15(20)11-4-3-10(16)7-12(11)17/h3-7H,18H2,1-2H3,(H,19,20). The van der Waals surface area contributed by atoms with Crippen LogP contribution in [0.2, 0.25) is 5.02 Å². The van der Waals surface area contributed by atoms with E-state index in [0.717, 1.165) is 21.3 Å². The predicted octanol–water partition coefficient (Wildman–Crippen LogP) is 4.55. The van der Waals surface area contributed by atoms with Gasteiger partial charge in [0.05, 0.1) is 10.6 Å². The smallest absolute Gasteiger partial charge is 0.257 e. The van der Waals surface area contributed by atoms with Crippen molar-refractivity contribution in [1.82, 2.24) is 0 Å². The van der Waals surface area contributed by atoms with Crippen molar-refractivity contribution in [3.8, 4) is 0 Å². The van der Waals surface area contributed by atoms with Gasteiger partial charge in [0.25, 0.3) is 5.91 Å². The van der Waals surface area contributed by atoms with Crippen molar-refractivity contribution in [3.05, 3.63) is 56.5 Å². The first-order valence-electron chi connectivity index (χ1n) is 6.01. The largest absolute Gasteiger partial charge is 0.399 e. The summed E-state index contributed by atoms with van der Waals surface area (Å²) in [5.74, 6) is -0.241. The Labute approximate surface area is 131 Å². The number of carbonyl (C=O) groups excluding carboxylic acids is 1. The number of aryl methyl sites for hydroxylation is 2. The van der Waals surface area contributed by atoms with E-state index in [1.54, 1.807) is 18.2 Å². The highest BCUT2D eigenvalue weighted by Gasteiger charge is 2.12. The summed E-state index contributed by atoms with van der Waals surface area (Å²) in [5.41, 5.74) is 9.55. The van der Waals surface area contributed by atoms with Gasteiger partial charge in [0.1, 0.15) is 0 Å². The maximum atomic E-state index is 12.3. The van der Waals surface area contributed by atoms with Crippen LogP contribution in [-0.2, 0) is 0 Å². The first-order valence-corrected chi connectivity index (χ1v) is 7.18. The van der Waals surface area contributed by atoms with Crippen molar-refractivity contribution in [2.24, 2.45) is 0 Å². The highest BCUT2D eigenvalue weighted by Crippen LogP contribution is 2.25. The average molecular weight is 354 g/mol. The topological polar surface area (TPSA) is 55.1 Å². The van der Waals surface area contributed by atoms with Gasteiger partial charge in [-0.05, 0) is 55.3 Å². The number of nitrogen functional groups attached to an aromatic ring is 1. The van der Waals surface area contributed by atoms with E-state index < -0.39 is 0 Å². The summed E-state index contributed by atoms with van der Waals surface area (Å²) in [6, 6.07) is 8.85. The molecule has 104 valence electrons. The molecule has 0 radical (unpaired) electrons. The molecule has 0 saturated carbocycles. The van der Waals surface area contributed by atoms with Crippen LogP contribution in [0.15, 0.2) is 34.8 Å². The van der Waals surface area contributed by atoms with Crippen molar-refractivity contribution in [3.63, 3.8) is 0 Å². The summed E-state index contributed by atoms with van der Waals surface area (Å²) >= 11 is 9.39. The van der Waals surface area contributed by atoms with E-state index in [-0.39, 0.29) is 5.91 Å². The number of benzene rings is 2. The molecule has 5 heteroatoms. The van der Waals surface area contributed by atoms with Crippen LogP contribution in [0.25, 0.3) is 0 Å². The van der Waals surface area contributed by atoms with Gasteiger partial charge in [-0.3, -0.25) is 4.79 Å². The number of hydrogen-bond donors (Lipinski definition) is 2. The van der Waals surface area contributed by atoms with E-state index in [2.05, 4.69) is 21.2 Å². The number of halogens is 2. The molecule has 0 bridgehead atoms. The van der Waals surface area contributed by atoms with Crippen molar-refractivity contribution < 1.29 is 4.79 Å². The second-order valence-electron chi connectivity index (χ2n) is 4.60. The molecule has 0 saturated heterocycles. The highest BCUT2D eigenvalue weighted by molar-refractivity contribution is 9.10. The lowest BCUT2D eigenvalue weighted by Crippen LogP contribution is -2.13. The molecule has 3 nitrogen and oxygen atoms in total. The van der Waals surface area contributed by atoms with Gasteiger partial charge in [-0.25, -0.2) is 0 Å². The highest BCUT2D eigenvalue weighted by atomic mass is 79.9. The monoisotopic (exact) mass is 352 g/mol. The Morgan fingerprint density at radius 2 is 1.90 bits per heavy atom. The maximum Gasteiger partial charge on any atom is 0.257 e. The van der Waals surface area contributed by atoms with E-state index in [1.165, 1.54) is 0 Å². The Hall–Kier alpha value is -1.52. The molecule has 1 amide bonds. The molecular weight excluding hydrogens is 340 g/mol. The number of nitrogens with one attached hydrogen (secondary N) is 1. The normalized spacial score (nSPS) is 10.4. The Balaban J connectivity index is 2.30. The lowest BCUT2D eigenvalue weighted by Gasteiger charge is -2.12. The zero-order valence-corrected chi connectivity index (χ0v) is 13.5. The van der Waals surface area contributed by atoms with E-state index >= 15 is 0 Å². The minimum atomic E-state index is -0.241. The first kappa shape index (κ1) is 14.9. The molecule has 0 aliphatic rings. The fourth-order valence-electron chi connectivity index (χ4n) is 1.84. The minimum Gasteiger partial charge on any atom is -0.399 e. The Morgan fingerprint density at radius 3 is 2.55 bits per heavy atom. The second kappa shape index (κ2) is 5.85. The van der Waals surface area contributed by atoms with Crippen LogP contribution in [0.3, 0.4) is 0 Å². The lowest BCUT2D eigenvalue weighted by atomic mass is 10.1. The third-order valence-corrected chi connectivity index (χ3v) is 3.84. The summed E-state index contributed by atoms with van der Waals surface area (Å²) in [6.45, 7) is 3.80. The van der Waals surface area contributed by atoms with Gasteiger partial charge in [-0.15, -0.1) is 0 Å². The number of hydrogen-bond acceptors (Lipinski definition) is 2. The molecule has 20 heavy (non-hydrogen) atoms. The molecule has 2 aromatic carbocycles. The van der Waals surface area contributed by atoms with Crippen molar-refractivity contribution in [2.75, 3.05) is 11.1 Å². The minimum absolute atomic E-state index is 0.241. The molecule has 2 aromatic rings. The number of amides is 1. The van der Waals surface area contributed by atoms with Gasteiger partial charge in [0.2, 0.25) is 0 Å². The molecule has 0 atom stereocenters. The summed E-state index contributed by atoms with van der Waals surface area (Å²) in [6.07, 6.45) is 0. The Bertz CT molecular complexity index is 686. The van der Waals surface area contributed by atoms with Gasteiger partial charge >= 0.3 is 0 Å². The van der Waals surface area contributed by atoms with Gasteiger partial charge in [-0.2, -0.15) is 0 Å². The Kier molecular flexibility index (Phi) is 4.35. The van der Waals surface area contributed by atoms with Crippen LogP contribution in [0.1, 0.15) is 21.5 Å². The molecule has 0 fully saturated rings. The van der Waals surface area contributed by atoms with Gasteiger partial charge in [0.15, 0.2) is 0 Å². The summed E-state index contributed by atoms with van der Waals surface area (Å²) in [5, 5.41) is 3.26. The molecule has 0 unspecified atom stereocenters. The van der Waals surface area contributed by atoms with Crippen LogP contribution < -0.4 is 11.1 Å². The quantitative estimate of drug-likeness (QED) is 0.778. The van der Waals surface area contributed by atoms with E-state index in [9.17, 15) is 4.79 Å². The zero-order valence-electron chi connectivity index (χ0n) is 11.1. The molecule has 3 N–H and O–H groups in total. The Morgan fingerprint density at radius 1 is 1.20 bits per heavy atom. The molecular formula is C15H14BrClN2O. The SMILES string of the molecule is Cc1cc(NC(=O)c2ccc(Br)cc2Cl)c(C)cc1N. The molecule has 0 aliphatic carbocycles. The van der Waals surface area contributed by atoms with Crippen LogP contribution in [0.5, 0.6) is 0 Å². The fraction of sp³-hybridized carbons (Fsp3) is 0.133. The summed E-state index contributed by atoms with van der Waals surface area (Å²) in [7, 11) is 0. The van der Waals surface area contributed by atoms with Gasteiger partial charge in [-0.1, -0.05) is 27.5 Å². The molecule has 0 spiro atoms. The van der Waals surface area contributed by atoms with Crippen LogP contribution in [-0.4, -0.2) is 5.91 Å². The molecule has 0 aromatic heterocycles. The number of carbonyl (C=O) groups is 1. The third kappa shape index (κ3) is 3.14. The number of anilines is 2. The van der Waals surface area contributed by atoms with Gasteiger partial charge in [0, 0.05) is 15.8 Å². The number of nitrogens with two attached hydrogens (primary N) is 1. The van der Waals surface area contributed by atoms with Crippen molar-refractivity contribution in [1.29, 1.82) is 0 Å².